The maximum absolute atomic E-state index is 13.7. The molecule has 0 spiro atoms. The van der Waals surface area contributed by atoms with Gasteiger partial charge in [-0.1, -0.05) is 0 Å². The summed E-state index contributed by atoms with van der Waals surface area (Å²) in [5.74, 6) is 0. The summed E-state index contributed by atoms with van der Waals surface area (Å²) in [7, 11) is -1.86. The fourth-order valence-corrected chi connectivity index (χ4v) is 6.74. The van der Waals surface area contributed by atoms with E-state index in [1.165, 1.54) is 26.6 Å². The Bertz CT molecular complexity index is 1520. The summed E-state index contributed by atoms with van der Waals surface area (Å²) in [6, 6.07) is 2.19. The Balaban J connectivity index is 1.36. The second kappa shape index (κ2) is 11.8. The lowest BCUT2D eigenvalue weighted by Gasteiger charge is -2.35. The highest BCUT2D eigenvalue weighted by atomic mass is 31.2. The zero-order valence-corrected chi connectivity index (χ0v) is 22.7. The van der Waals surface area contributed by atoms with Gasteiger partial charge in [0.15, 0.2) is 12.5 Å². The van der Waals surface area contributed by atoms with Crippen molar-refractivity contribution >= 4 is 7.82 Å². The van der Waals surface area contributed by atoms with Gasteiger partial charge in [-0.25, -0.2) is 14.2 Å². The number of phosphoric acid groups is 1. The Labute approximate surface area is 229 Å². The maximum atomic E-state index is 13.7. The van der Waals surface area contributed by atoms with E-state index >= 15 is 0 Å². The third-order valence-electron chi connectivity index (χ3n) is 7.04. The van der Waals surface area contributed by atoms with Gasteiger partial charge in [-0.15, -0.1) is 0 Å². The largest absolute Gasteiger partial charge is 0.475 e. The van der Waals surface area contributed by atoms with E-state index in [9.17, 15) is 34.0 Å². The van der Waals surface area contributed by atoms with Crippen molar-refractivity contribution in [1.82, 2.24) is 19.1 Å². The fourth-order valence-electron chi connectivity index (χ4n) is 5.13. The van der Waals surface area contributed by atoms with E-state index in [1.807, 2.05) is 0 Å². The number of hydrogen-bond acceptors (Lipinski definition) is 14. The monoisotopic (exact) mass is 604 g/mol. The number of aromatic amines is 2. The Hall–Kier alpha value is -2.77. The molecule has 0 radical (unpaired) electrons. The molecule has 3 aliphatic rings. The molecular formula is C22H29N4O14P. The van der Waals surface area contributed by atoms with Crippen molar-refractivity contribution in [3.05, 3.63) is 66.2 Å². The molecule has 0 amide bonds. The first-order chi connectivity index (χ1) is 19.6. The third-order valence-corrected chi connectivity index (χ3v) is 8.57. The quantitative estimate of drug-likeness (QED) is 0.230. The predicted octanol–water partition coefficient (Wildman–Crippen LogP) is -2.44. The topological polar surface area (TPSA) is 232 Å². The summed E-state index contributed by atoms with van der Waals surface area (Å²) in [4.78, 5) is 51.9. The van der Waals surface area contributed by atoms with Crippen LogP contribution in [0.5, 0.6) is 0 Å². The second-order valence-corrected chi connectivity index (χ2v) is 11.0. The van der Waals surface area contributed by atoms with E-state index in [2.05, 4.69) is 9.97 Å². The smallest absolute Gasteiger partial charge is 0.394 e. The van der Waals surface area contributed by atoms with E-state index in [4.69, 9.17) is 32.5 Å². The molecule has 0 bridgehead atoms. The lowest BCUT2D eigenvalue weighted by Crippen LogP contribution is -2.44. The lowest BCUT2D eigenvalue weighted by atomic mass is 10.0. The molecule has 41 heavy (non-hydrogen) atoms. The predicted molar refractivity (Wildman–Crippen MR) is 133 cm³/mol. The van der Waals surface area contributed by atoms with Crippen molar-refractivity contribution < 1.29 is 47.3 Å². The Morgan fingerprint density at radius 3 is 2.07 bits per heavy atom. The highest BCUT2D eigenvalue weighted by molar-refractivity contribution is 7.48. The summed E-state index contributed by atoms with van der Waals surface area (Å²) in [5, 5.41) is 20.9. The molecule has 2 aromatic heterocycles. The van der Waals surface area contributed by atoms with Crippen LogP contribution in [0.25, 0.3) is 0 Å². The van der Waals surface area contributed by atoms with Crippen LogP contribution in [-0.4, -0.2) is 99.5 Å². The number of phosphoric ester groups is 1. The van der Waals surface area contributed by atoms with Crippen LogP contribution in [0.3, 0.4) is 0 Å². The molecule has 5 rings (SSSR count). The van der Waals surface area contributed by atoms with E-state index in [1.54, 1.807) is 0 Å². The minimum absolute atomic E-state index is 0.104. The molecule has 2 aromatic rings. The number of methoxy groups -OCH3 is 2. The van der Waals surface area contributed by atoms with E-state index in [0.29, 0.717) is 0 Å². The standard InChI is InChI=1S/C22H29N4O14P/c1-34-17-14(30)15(38-19(17)25-6-3-12(28)23-21(25)31)10-5-8-36-41(33,39-10)40-16-11(9-27)37-20(18(16)35-2)26-7-4-13(29)24-22(26)32/h3-4,6-7,10-11,14-20,27,30H,5,8-9H2,1-2H3,(H,23,28,31)(H,24,29,32)/t10-,11+,14+,15+,16+,17+,18+,19+,20+,41+/m0/s1. The van der Waals surface area contributed by atoms with Gasteiger partial charge in [0.25, 0.3) is 11.1 Å². The van der Waals surface area contributed by atoms with Gasteiger partial charge in [-0.05, 0) is 0 Å². The van der Waals surface area contributed by atoms with Gasteiger partial charge < -0.3 is 29.2 Å². The first-order valence-corrected chi connectivity index (χ1v) is 13.9. The normalized spacial score (nSPS) is 37.4. The zero-order chi connectivity index (χ0) is 29.5. The first-order valence-electron chi connectivity index (χ1n) is 12.5. The summed E-state index contributed by atoms with van der Waals surface area (Å²) >= 11 is 0. The van der Waals surface area contributed by atoms with Crippen molar-refractivity contribution in [3.63, 3.8) is 0 Å². The second-order valence-electron chi connectivity index (χ2n) is 9.45. The molecule has 18 nitrogen and oxygen atoms in total. The van der Waals surface area contributed by atoms with E-state index in [0.717, 1.165) is 21.3 Å². The van der Waals surface area contributed by atoms with Crippen LogP contribution >= 0.6 is 7.82 Å². The number of aromatic nitrogens is 4. The highest BCUT2D eigenvalue weighted by Gasteiger charge is 2.55. The van der Waals surface area contributed by atoms with Crippen LogP contribution in [0, 0.1) is 0 Å². The van der Waals surface area contributed by atoms with Gasteiger partial charge in [0.2, 0.25) is 0 Å². The van der Waals surface area contributed by atoms with Crippen LogP contribution in [0.15, 0.2) is 43.7 Å². The molecule has 5 heterocycles. The number of aliphatic hydroxyl groups is 2. The molecule has 0 unspecified atom stereocenters. The van der Waals surface area contributed by atoms with Gasteiger partial charge >= 0.3 is 19.2 Å². The SMILES string of the molecule is CO[C@@H]1[C@H](O)[C@@H]([C@@H]2CCO[P@@](=O)(O[C@H]3[C@@H](OC)[C@H](n4ccc(=O)[nH]c4=O)O[C@@H]3CO)O2)O[C@H]1n1ccc(=O)[nH]c1=O. The molecule has 3 aliphatic heterocycles. The molecule has 0 aliphatic carbocycles. The summed E-state index contributed by atoms with van der Waals surface area (Å²) in [6.45, 7) is -0.772. The van der Waals surface area contributed by atoms with Crippen molar-refractivity contribution in [2.75, 3.05) is 27.4 Å². The van der Waals surface area contributed by atoms with E-state index in [-0.39, 0.29) is 13.0 Å². The van der Waals surface area contributed by atoms with Crippen LogP contribution in [-0.2, 0) is 37.1 Å². The zero-order valence-electron chi connectivity index (χ0n) is 21.8. The fraction of sp³-hybridized carbons (Fsp3) is 0.636. The van der Waals surface area contributed by atoms with Gasteiger partial charge in [-0.3, -0.25) is 42.3 Å². The molecule has 226 valence electrons. The van der Waals surface area contributed by atoms with Crippen molar-refractivity contribution in [2.45, 2.75) is 61.6 Å². The summed E-state index contributed by atoms with van der Waals surface area (Å²) < 4.78 is 55.0. The molecule has 3 saturated heterocycles. The third kappa shape index (κ3) is 5.68. The van der Waals surface area contributed by atoms with Crippen LogP contribution < -0.4 is 22.5 Å². The van der Waals surface area contributed by atoms with Crippen molar-refractivity contribution in [2.24, 2.45) is 0 Å². The number of nitrogens with zero attached hydrogens (tertiary/aromatic N) is 2. The van der Waals surface area contributed by atoms with E-state index < -0.39 is 92.1 Å². The van der Waals surface area contributed by atoms with Crippen molar-refractivity contribution in [1.29, 1.82) is 0 Å². The Morgan fingerprint density at radius 2 is 1.54 bits per heavy atom. The summed E-state index contributed by atoms with van der Waals surface area (Å²) in [6.07, 6.45) is -8.06. The van der Waals surface area contributed by atoms with Gasteiger partial charge in [0.1, 0.15) is 42.7 Å². The molecule has 4 N–H and O–H groups in total. The molecule has 10 atom stereocenters. The van der Waals surface area contributed by atoms with Crippen molar-refractivity contribution in [3.8, 4) is 0 Å². The summed E-state index contributed by atoms with van der Waals surface area (Å²) in [5.41, 5.74) is -2.86. The van der Waals surface area contributed by atoms with Crippen LogP contribution in [0.2, 0.25) is 0 Å². The molecule has 3 fully saturated rings. The number of hydrogen-bond donors (Lipinski definition) is 4. The number of H-pyrrole nitrogens is 2. The molecule has 0 saturated carbocycles. The minimum atomic E-state index is -4.44. The Morgan fingerprint density at radius 1 is 0.951 bits per heavy atom. The van der Waals surface area contributed by atoms with Gasteiger partial charge in [0.05, 0.1) is 13.2 Å². The number of rotatable bonds is 8. The van der Waals surface area contributed by atoms with Crippen LogP contribution in [0.4, 0.5) is 0 Å². The first kappa shape index (κ1) is 29.7. The maximum Gasteiger partial charge on any atom is 0.475 e. The molecular weight excluding hydrogens is 575 g/mol. The highest BCUT2D eigenvalue weighted by Crippen LogP contribution is 2.57. The van der Waals surface area contributed by atoms with Crippen LogP contribution in [0.1, 0.15) is 18.9 Å². The lowest BCUT2D eigenvalue weighted by molar-refractivity contribution is -0.110. The van der Waals surface area contributed by atoms with Gasteiger partial charge in [0, 0.05) is 45.2 Å². The number of ether oxygens (including phenoxy) is 4. The molecule has 0 aromatic carbocycles. The Kier molecular flexibility index (Phi) is 8.58. The molecule has 19 heteroatoms. The number of nitrogens with one attached hydrogen (secondary N) is 2. The van der Waals surface area contributed by atoms with Gasteiger partial charge in [-0.2, -0.15) is 0 Å². The average Bonchev–Trinajstić information content (AvgIpc) is 3.44. The minimum Gasteiger partial charge on any atom is -0.394 e. The number of aliphatic hydroxyl groups excluding tert-OH is 2. The average molecular weight is 604 g/mol.